The van der Waals surface area contributed by atoms with Gasteiger partial charge in [0.25, 0.3) is 0 Å². The molecule has 0 rings (SSSR count). The molecule has 0 aliphatic heterocycles. The Balaban J connectivity index is 3.37. The number of carbonyl (C=O) groups excluding carboxylic acids is 2. The quantitative estimate of drug-likeness (QED) is 0.0320. The second-order valence-electron chi connectivity index (χ2n) is 25.3. The van der Waals surface area contributed by atoms with Crippen molar-refractivity contribution in [3.8, 4) is 0 Å². The van der Waals surface area contributed by atoms with Gasteiger partial charge in [-0.05, 0) is 57.8 Å². The van der Waals surface area contributed by atoms with E-state index >= 15 is 0 Å². The van der Waals surface area contributed by atoms with Gasteiger partial charge in [-0.3, -0.25) is 9.59 Å². The van der Waals surface area contributed by atoms with E-state index in [9.17, 15) is 19.8 Å². The van der Waals surface area contributed by atoms with Gasteiger partial charge in [0.2, 0.25) is 5.91 Å². The number of esters is 1. The first kappa shape index (κ1) is 78.3. The van der Waals surface area contributed by atoms with E-state index in [2.05, 4.69) is 31.3 Å². The lowest BCUT2D eigenvalue weighted by atomic mass is 10.0. The first-order valence-corrected chi connectivity index (χ1v) is 36.6. The van der Waals surface area contributed by atoms with E-state index in [1.807, 2.05) is 6.08 Å². The molecule has 2 atom stereocenters. The molecule has 2 unspecified atom stereocenters. The first-order chi connectivity index (χ1) is 39.5. The number of nitrogens with one attached hydrogen (secondary N) is 1. The Morgan fingerprint density at radius 2 is 0.588 bits per heavy atom. The highest BCUT2D eigenvalue weighted by atomic mass is 16.5. The predicted molar refractivity (Wildman–Crippen MR) is 352 cm³/mol. The Labute approximate surface area is 501 Å². The van der Waals surface area contributed by atoms with Gasteiger partial charge in [-0.2, -0.15) is 0 Å². The second-order valence-corrected chi connectivity index (χ2v) is 25.3. The van der Waals surface area contributed by atoms with Crippen LogP contribution in [-0.2, 0) is 14.3 Å². The number of aliphatic hydroxyl groups is 2. The molecule has 6 heteroatoms. The first-order valence-electron chi connectivity index (χ1n) is 36.6. The molecule has 0 aromatic heterocycles. The Morgan fingerprint density at radius 3 is 0.887 bits per heavy atom. The summed E-state index contributed by atoms with van der Waals surface area (Å²) in [6.07, 6.45) is 88.4. The van der Waals surface area contributed by atoms with Crippen molar-refractivity contribution in [3.63, 3.8) is 0 Å². The molecule has 80 heavy (non-hydrogen) atoms. The smallest absolute Gasteiger partial charge is 0.305 e. The molecule has 6 nitrogen and oxygen atoms in total. The number of hydrogen-bond donors (Lipinski definition) is 3. The molecule has 0 heterocycles. The topological polar surface area (TPSA) is 95.9 Å². The number of ether oxygens (including phenoxy) is 1. The lowest BCUT2D eigenvalue weighted by Crippen LogP contribution is -2.45. The average Bonchev–Trinajstić information content (AvgIpc) is 3.46. The van der Waals surface area contributed by atoms with Crippen molar-refractivity contribution in [2.24, 2.45) is 0 Å². The molecule has 0 bridgehead atoms. The Bertz CT molecular complexity index is 1250. The third kappa shape index (κ3) is 65.5. The maximum absolute atomic E-state index is 12.5. The van der Waals surface area contributed by atoms with Gasteiger partial charge >= 0.3 is 5.97 Å². The number of allylic oxidation sites excluding steroid dienone is 3. The number of aliphatic hydroxyl groups excluding tert-OH is 2. The van der Waals surface area contributed by atoms with Crippen LogP contribution in [0.3, 0.4) is 0 Å². The van der Waals surface area contributed by atoms with Crippen molar-refractivity contribution in [3.05, 3.63) is 24.3 Å². The fourth-order valence-corrected chi connectivity index (χ4v) is 11.6. The van der Waals surface area contributed by atoms with Gasteiger partial charge in [-0.1, -0.05) is 366 Å². The van der Waals surface area contributed by atoms with Gasteiger partial charge in [0.05, 0.1) is 25.4 Å². The second kappa shape index (κ2) is 69.8. The van der Waals surface area contributed by atoms with Crippen LogP contribution >= 0.6 is 0 Å². The van der Waals surface area contributed by atoms with Crippen LogP contribution in [0.25, 0.3) is 0 Å². The van der Waals surface area contributed by atoms with E-state index in [0.29, 0.717) is 19.4 Å². The largest absolute Gasteiger partial charge is 0.466 e. The number of hydrogen-bond acceptors (Lipinski definition) is 5. The molecule has 3 N–H and O–H groups in total. The summed E-state index contributed by atoms with van der Waals surface area (Å²) in [5, 5.41) is 23.2. The van der Waals surface area contributed by atoms with E-state index in [0.717, 1.165) is 38.5 Å². The van der Waals surface area contributed by atoms with E-state index in [4.69, 9.17) is 4.74 Å². The van der Waals surface area contributed by atoms with Crippen LogP contribution in [0.15, 0.2) is 24.3 Å². The lowest BCUT2D eigenvalue weighted by Gasteiger charge is -2.20. The zero-order valence-corrected chi connectivity index (χ0v) is 54.3. The maximum atomic E-state index is 12.5. The summed E-state index contributed by atoms with van der Waals surface area (Å²) in [6, 6.07) is -0.627. The van der Waals surface area contributed by atoms with Gasteiger partial charge in [0.1, 0.15) is 0 Å². The summed E-state index contributed by atoms with van der Waals surface area (Å²) in [7, 11) is 0. The summed E-state index contributed by atoms with van der Waals surface area (Å²) in [5.74, 6) is -0.0421. The van der Waals surface area contributed by atoms with Crippen molar-refractivity contribution in [1.29, 1.82) is 0 Å². The zero-order valence-electron chi connectivity index (χ0n) is 54.3. The molecule has 0 fully saturated rings. The highest BCUT2D eigenvalue weighted by molar-refractivity contribution is 5.76. The van der Waals surface area contributed by atoms with Crippen molar-refractivity contribution in [1.82, 2.24) is 5.32 Å². The monoisotopic (exact) mass is 1130 g/mol. The van der Waals surface area contributed by atoms with Crippen LogP contribution in [0, 0.1) is 0 Å². The molecular formula is C74H143NO5. The minimum absolute atomic E-state index is 0.0210. The number of rotatable bonds is 69. The molecule has 0 aliphatic rings. The van der Waals surface area contributed by atoms with Crippen LogP contribution in [-0.4, -0.2) is 47.4 Å². The Kier molecular flexibility index (Phi) is 68.4. The zero-order chi connectivity index (χ0) is 57.8. The minimum atomic E-state index is -0.843. The van der Waals surface area contributed by atoms with E-state index < -0.39 is 12.1 Å². The summed E-state index contributed by atoms with van der Waals surface area (Å²) >= 11 is 0. The molecule has 1 amide bonds. The predicted octanol–water partition coefficient (Wildman–Crippen LogP) is 23.7. The standard InChI is InChI=1S/C74H143NO5/c1-3-5-7-9-11-13-15-17-19-35-38-42-46-50-54-58-62-66-72(77)71(70-76)75-73(78)67-63-59-55-51-47-43-39-36-33-31-29-27-25-23-21-22-24-26-28-30-32-34-37-41-45-49-53-57-61-65-69-80-74(79)68-64-60-56-52-48-44-40-20-18-16-14-12-10-8-6-4-2/h22,24,62,66,71-72,76-77H,3-21,23,25-61,63-65,67-70H2,1-2H3,(H,75,78)/b24-22-,66-62+. The molecule has 0 radical (unpaired) electrons. The van der Waals surface area contributed by atoms with Gasteiger partial charge < -0.3 is 20.3 Å². The molecule has 0 saturated carbocycles. The van der Waals surface area contributed by atoms with E-state index in [1.165, 1.54) is 347 Å². The highest BCUT2D eigenvalue weighted by Crippen LogP contribution is 2.19. The van der Waals surface area contributed by atoms with E-state index in [1.54, 1.807) is 6.08 Å². The molecular weight excluding hydrogens is 983 g/mol. The van der Waals surface area contributed by atoms with Crippen LogP contribution in [0.4, 0.5) is 0 Å². The third-order valence-electron chi connectivity index (χ3n) is 17.2. The average molecular weight is 1130 g/mol. The maximum Gasteiger partial charge on any atom is 0.305 e. The SMILES string of the molecule is CCCCCCCCCCCCCCCCC/C=C/C(O)C(CO)NC(=O)CCCCCCCCCCCCCCCC/C=C\CCCCCCCCCCCCCCOC(=O)CCCCCCCCCCCCCCCCCC. The summed E-state index contributed by atoms with van der Waals surface area (Å²) in [5.41, 5.74) is 0. The molecule has 0 aromatic rings. The number of unbranched alkanes of at least 4 members (excludes halogenated alkanes) is 56. The fraction of sp³-hybridized carbons (Fsp3) is 0.919. The van der Waals surface area contributed by atoms with Gasteiger partial charge in [0, 0.05) is 12.8 Å². The number of amides is 1. The summed E-state index contributed by atoms with van der Waals surface area (Å²) < 4.78 is 5.50. The lowest BCUT2D eigenvalue weighted by molar-refractivity contribution is -0.143. The molecule has 0 aromatic carbocycles. The van der Waals surface area contributed by atoms with Crippen LogP contribution in [0.2, 0.25) is 0 Å². The van der Waals surface area contributed by atoms with Crippen LogP contribution < -0.4 is 5.32 Å². The third-order valence-corrected chi connectivity index (χ3v) is 17.2. The molecule has 0 aliphatic carbocycles. The van der Waals surface area contributed by atoms with Crippen molar-refractivity contribution in [2.75, 3.05) is 13.2 Å². The minimum Gasteiger partial charge on any atom is -0.466 e. The highest BCUT2D eigenvalue weighted by Gasteiger charge is 2.18. The molecule has 0 spiro atoms. The van der Waals surface area contributed by atoms with Crippen LogP contribution in [0.1, 0.15) is 412 Å². The van der Waals surface area contributed by atoms with Crippen molar-refractivity contribution in [2.45, 2.75) is 424 Å². The Morgan fingerprint density at radius 1 is 0.338 bits per heavy atom. The van der Waals surface area contributed by atoms with Gasteiger partial charge in [-0.25, -0.2) is 0 Å². The van der Waals surface area contributed by atoms with Crippen LogP contribution in [0.5, 0.6) is 0 Å². The molecule has 474 valence electrons. The summed E-state index contributed by atoms with van der Waals surface area (Å²) in [4.78, 5) is 24.6. The normalized spacial score (nSPS) is 12.6. The Hall–Kier alpha value is -1.66. The van der Waals surface area contributed by atoms with Crippen molar-refractivity contribution >= 4 is 11.9 Å². The van der Waals surface area contributed by atoms with Crippen molar-refractivity contribution < 1.29 is 24.5 Å². The number of carbonyl (C=O) groups is 2. The summed E-state index contributed by atoms with van der Waals surface area (Å²) in [6.45, 7) is 4.95. The fourth-order valence-electron chi connectivity index (χ4n) is 11.6. The van der Waals surface area contributed by atoms with Gasteiger partial charge in [-0.15, -0.1) is 0 Å². The molecule has 0 saturated heterocycles. The van der Waals surface area contributed by atoms with Gasteiger partial charge in [0.15, 0.2) is 0 Å². The van der Waals surface area contributed by atoms with E-state index in [-0.39, 0.29) is 18.5 Å².